The molecule has 0 unspecified atom stereocenters. The predicted molar refractivity (Wildman–Crippen MR) is 72.5 cm³/mol. The molecule has 0 aliphatic rings. The molecule has 0 saturated carbocycles. The first kappa shape index (κ1) is 12.3. The number of nitrogens with one attached hydrogen (secondary N) is 1. The number of nitrogens with zero attached hydrogens (tertiary/aromatic N) is 4. The second-order valence-electron chi connectivity index (χ2n) is 3.88. The summed E-state index contributed by atoms with van der Waals surface area (Å²) in [6.07, 6.45) is 5.20. The molecule has 0 radical (unpaired) electrons. The van der Waals surface area contributed by atoms with Crippen molar-refractivity contribution in [1.82, 2.24) is 15.0 Å². The van der Waals surface area contributed by atoms with Crippen LogP contribution < -0.4 is 10.2 Å². The van der Waals surface area contributed by atoms with Gasteiger partial charge < -0.3 is 10.2 Å². The molecule has 0 aliphatic heterocycles. The lowest BCUT2D eigenvalue weighted by Gasteiger charge is -2.22. The third kappa shape index (κ3) is 2.94. The van der Waals surface area contributed by atoms with Gasteiger partial charge in [0.2, 0.25) is 0 Å². The van der Waals surface area contributed by atoms with Gasteiger partial charge in [0.1, 0.15) is 18.0 Å². The Morgan fingerprint density at radius 3 is 2.67 bits per heavy atom. The smallest absolute Gasteiger partial charge is 0.134 e. The Kier molecular flexibility index (Phi) is 4.06. The van der Waals surface area contributed by atoms with Crippen molar-refractivity contribution in [2.24, 2.45) is 0 Å². The highest BCUT2D eigenvalue weighted by molar-refractivity contribution is 5.48. The first-order valence-corrected chi connectivity index (χ1v) is 5.97. The maximum absolute atomic E-state index is 4.31. The molecule has 18 heavy (non-hydrogen) atoms. The molecule has 0 fully saturated rings. The topological polar surface area (TPSA) is 53.9 Å². The molecule has 2 aromatic heterocycles. The lowest BCUT2D eigenvalue weighted by atomic mass is 10.2. The summed E-state index contributed by atoms with van der Waals surface area (Å²) in [7, 11) is 1.85. The van der Waals surface area contributed by atoms with Gasteiger partial charge in [-0.05, 0) is 24.6 Å². The highest BCUT2D eigenvalue weighted by Crippen LogP contribution is 2.16. The van der Waals surface area contributed by atoms with Crippen LogP contribution in [0.15, 0.2) is 36.9 Å². The minimum absolute atomic E-state index is 0.819. The predicted octanol–water partition coefficient (Wildman–Crippen LogP) is 1.94. The van der Waals surface area contributed by atoms with Crippen LogP contribution in [-0.2, 0) is 6.54 Å². The fourth-order valence-electron chi connectivity index (χ4n) is 1.72. The zero-order chi connectivity index (χ0) is 12.8. The molecule has 1 N–H and O–H groups in total. The lowest BCUT2D eigenvalue weighted by molar-refractivity contribution is 0.809. The largest absolute Gasteiger partial charge is 0.373 e. The molecular formula is C13H17N5. The standard InChI is InChI=1S/C13H17N5/c1-3-18(9-11-4-6-15-7-5-11)13-8-12(14-2)16-10-17-13/h4-8,10H,3,9H2,1-2H3,(H,14,16,17). The third-order valence-corrected chi connectivity index (χ3v) is 2.74. The van der Waals surface area contributed by atoms with Crippen LogP contribution >= 0.6 is 0 Å². The van der Waals surface area contributed by atoms with Crippen molar-refractivity contribution in [3.05, 3.63) is 42.5 Å². The van der Waals surface area contributed by atoms with Crippen LogP contribution in [0.1, 0.15) is 12.5 Å². The molecule has 5 nitrogen and oxygen atoms in total. The molecule has 0 saturated heterocycles. The van der Waals surface area contributed by atoms with Gasteiger partial charge in [-0.2, -0.15) is 0 Å². The molecule has 0 bridgehead atoms. The average Bonchev–Trinajstić information content (AvgIpc) is 2.46. The molecule has 0 aromatic carbocycles. The van der Waals surface area contributed by atoms with Gasteiger partial charge in [0, 0.05) is 38.6 Å². The van der Waals surface area contributed by atoms with E-state index < -0.39 is 0 Å². The van der Waals surface area contributed by atoms with Crippen LogP contribution in [0.25, 0.3) is 0 Å². The second kappa shape index (κ2) is 5.95. The van der Waals surface area contributed by atoms with Crippen molar-refractivity contribution in [3.63, 3.8) is 0 Å². The van der Waals surface area contributed by atoms with Gasteiger partial charge in [-0.3, -0.25) is 4.98 Å². The number of aromatic nitrogens is 3. The highest BCUT2D eigenvalue weighted by atomic mass is 15.2. The summed E-state index contributed by atoms with van der Waals surface area (Å²) in [6, 6.07) is 5.98. The third-order valence-electron chi connectivity index (χ3n) is 2.74. The van der Waals surface area contributed by atoms with Crippen molar-refractivity contribution in [2.45, 2.75) is 13.5 Å². The molecule has 2 heterocycles. The molecule has 2 rings (SSSR count). The summed E-state index contributed by atoms with van der Waals surface area (Å²) in [5.74, 6) is 1.75. The fraction of sp³-hybridized carbons (Fsp3) is 0.308. The van der Waals surface area contributed by atoms with E-state index in [0.29, 0.717) is 0 Å². The Morgan fingerprint density at radius 2 is 2.00 bits per heavy atom. The SMILES string of the molecule is CCN(Cc1ccncc1)c1cc(NC)ncn1. The monoisotopic (exact) mass is 243 g/mol. The van der Waals surface area contributed by atoms with E-state index in [-0.39, 0.29) is 0 Å². The van der Waals surface area contributed by atoms with E-state index in [1.54, 1.807) is 6.33 Å². The van der Waals surface area contributed by atoms with Gasteiger partial charge >= 0.3 is 0 Å². The summed E-state index contributed by atoms with van der Waals surface area (Å²) >= 11 is 0. The zero-order valence-corrected chi connectivity index (χ0v) is 10.7. The lowest BCUT2D eigenvalue weighted by Crippen LogP contribution is -2.23. The van der Waals surface area contributed by atoms with Gasteiger partial charge in [-0.1, -0.05) is 0 Å². The maximum Gasteiger partial charge on any atom is 0.134 e. The Morgan fingerprint density at radius 1 is 1.22 bits per heavy atom. The van der Waals surface area contributed by atoms with Gasteiger partial charge in [-0.25, -0.2) is 9.97 Å². The molecule has 0 atom stereocenters. The molecule has 0 spiro atoms. The Labute approximate surface area is 107 Å². The van der Waals surface area contributed by atoms with Crippen molar-refractivity contribution in [1.29, 1.82) is 0 Å². The molecule has 94 valence electrons. The fourth-order valence-corrected chi connectivity index (χ4v) is 1.72. The second-order valence-corrected chi connectivity index (χ2v) is 3.88. The summed E-state index contributed by atoms with van der Waals surface area (Å²) < 4.78 is 0. The quantitative estimate of drug-likeness (QED) is 0.869. The Hall–Kier alpha value is -2.17. The van der Waals surface area contributed by atoms with Gasteiger partial charge in [0.25, 0.3) is 0 Å². The maximum atomic E-state index is 4.31. The van der Waals surface area contributed by atoms with Gasteiger partial charge in [0.15, 0.2) is 0 Å². The molecule has 2 aromatic rings. The van der Waals surface area contributed by atoms with Crippen molar-refractivity contribution in [3.8, 4) is 0 Å². The van der Waals surface area contributed by atoms with Crippen LogP contribution in [0.2, 0.25) is 0 Å². The first-order chi connectivity index (χ1) is 8.83. The van der Waals surface area contributed by atoms with Gasteiger partial charge in [0.05, 0.1) is 0 Å². The number of rotatable bonds is 5. The van der Waals surface area contributed by atoms with E-state index in [9.17, 15) is 0 Å². The van der Waals surface area contributed by atoms with Crippen LogP contribution in [0, 0.1) is 0 Å². The minimum atomic E-state index is 0.819. The van der Waals surface area contributed by atoms with Crippen LogP contribution in [0.5, 0.6) is 0 Å². The summed E-state index contributed by atoms with van der Waals surface area (Å²) in [5, 5.41) is 3.02. The normalized spacial score (nSPS) is 10.1. The van der Waals surface area contributed by atoms with Crippen molar-refractivity contribution >= 4 is 11.6 Å². The number of hydrogen-bond donors (Lipinski definition) is 1. The van der Waals surface area contributed by atoms with E-state index in [1.165, 1.54) is 5.56 Å². The Bertz CT molecular complexity index is 486. The number of anilines is 2. The van der Waals surface area contributed by atoms with Crippen molar-refractivity contribution < 1.29 is 0 Å². The minimum Gasteiger partial charge on any atom is -0.373 e. The van der Waals surface area contributed by atoms with Crippen LogP contribution in [0.3, 0.4) is 0 Å². The van der Waals surface area contributed by atoms with E-state index >= 15 is 0 Å². The van der Waals surface area contributed by atoms with E-state index in [1.807, 2.05) is 37.6 Å². The van der Waals surface area contributed by atoms with E-state index in [0.717, 1.165) is 24.7 Å². The average molecular weight is 243 g/mol. The summed E-state index contributed by atoms with van der Waals surface area (Å²) in [4.78, 5) is 14.7. The highest BCUT2D eigenvalue weighted by Gasteiger charge is 2.07. The van der Waals surface area contributed by atoms with E-state index in [2.05, 4.69) is 32.1 Å². The number of pyridine rings is 1. The summed E-state index contributed by atoms with van der Waals surface area (Å²) in [5.41, 5.74) is 1.22. The first-order valence-electron chi connectivity index (χ1n) is 5.97. The Balaban J connectivity index is 2.17. The van der Waals surface area contributed by atoms with Crippen LogP contribution in [0.4, 0.5) is 11.6 Å². The van der Waals surface area contributed by atoms with Crippen LogP contribution in [-0.4, -0.2) is 28.5 Å². The summed E-state index contributed by atoms with van der Waals surface area (Å²) in [6.45, 7) is 3.82. The molecule has 0 amide bonds. The number of hydrogen-bond acceptors (Lipinski definition) is 5. The molecule has 0 aliphatic carbocycles. The molecule has 5 heteroatoms. The van der Waals surface area contributed by atoms with E-state index in [4.69, 9.17) is 0 Å². The van der Waals surface area contributed by atoms with Gasteiger partial charge in [-0.15, -0.1) is 0 Å². The zero-order valence-electron chi connectivity index (χ0n) is 10.7. The molecular weight excluding hydrogens is 226 g/mol. The van der Waals surface area contributed by atoms with Crippen molar-refractivity contribution in [2.75, 3.05) is 23.8 Å².